The first-order chi connectivity index (χ1) is 9.63. The summed E-state index contributed by atoms with van der Waals surface area (Å²) in [4.78, 5) is 15.9. The number of carbonyl (C=O) groups excluding carboxylic acids is 1. The second kappa shape index (κ2) is 7.05. The first-order valence-electron chi connectivity index (χ1n) is 6.25. The quantitative estimate of drug-likeness (QED) is 0.850. The van der Waals surface area contributed by atoms with Crippen molar-refractivity contribution in [3.05, 3.63) is 52.6 Å². The van der Waals surface area contributed by atoms with Crippen LogP contribution in [-0.2, 0) is 4.79 Å². The van der Waals surface area contributed by atoms with E-state index in [0.29, 0.717) is 17.0 Å². The van der Waals surface area contributed by atoms with Gasteiger partial charge in [0.05, 0.1) is 13.0 Å². The Bertz CT molecular complexity index is 602. The van der Waals surface area contributed by atoms with Crippen molar-refractivity contribution >= 4 is 27.7 Å². The largest absolute Gasteiger partial charge is 0.493 e. The van der Waals surface area contributed by atoms with Crippen molar-refractivity contribution in [1.29, 1.82) is 0 Å². The highest BCUT2D eigenvalue weighted by atomic mass is 79.9. The molecule has 0 aliphatic rings. The van der Waals surface area contributed by atoms with Crippen LogP contribution in [0.1, 0.15) is 12.0 Å². The topological polar surface area (TPSA) is 51.2 Å². The van der Waals surface area contributed by atoms with Gasteiger partial charge in [-0.2, -0.15) is 0 Å². The smallest absolute Gasteiger partial charge is 0.228 e. The maximum absolute atomic E-state index is 11.7. The number of halogens is 1. The van der Waals surface area contributed by atoms with Crippen LogP contribution in [0.5, 0.6) is 5.75 Å². The Labute approximate surface area is 126 Å². The van der Waals surface area contributed by atoms with Crippen LogP contribution in [0.3, 0.4) is 0 Å². The molecule has 0 saturated heterocycles. The van der Waals surface area contributed by atoms with Gasteiger partial charge in [-0.15, -0.1) is 0 Å². The summed E-state index contributed by atoms with van der Waals surface area (Å²) in [5.74, 6) is 1.18. The van der Waals surface area contributed by atoms with E-state index in [1.54, 1.807) is 12.1 Å². The van der Waals surface area contributed by atoms with Crippen LogP contribution >= 0.6 is 15.9 Å². The molecule has 2 rings (SSSR count). The molecule has 0 aliphatic carbocycles. The number of rotatable bonds is 5. The fraction of sp³-hybridized carbons (Fsp3) is 0.200. The van der Waals surface area contributed by atoms with E-state index in [2.05, 4.69) is 26.2 Å². The Hall–Kier alpha value is -1.88. The number of amides is 1. The van der Waals surface area contributed by atoms with E-state index < -0.39 is 0 Å². The first-order valence-corrected chi connectivity index (χ1v) is 7.05. The normalized spacial score (nSPS) is 10.1. The Morgan fingerprint density at radius 3 is 2.85 bits per heavy atom. The zero-order valence-electron chi connectivity index (χ0n) is 11.1. The summed E-state index contributed by atoms with van der Waals surface area (Å²) < 4.78 is 6.21. The van der Waals surface area contributed by atoms with Gasteiger partial charge in [0.1, 0.15) is 16.2 Å². The van der Waals surface area contributed by atoms with Gasteiger partial charge in [0.15, 0.2) is 0 Å². The van der Waals surface area contributed by atoms with E-state index >= 15 is 0 Å². The summed E-state index contributed by atoms with van der Waals surface area (Å²) in [7, 11) is 0. The Morgan fingerprint density at radius 1 is 1.30 bits per heavy atom. The summed E-state index contributed by atoms with van der Waals surface area (Å²) in [5.41, 5.74) is 1.13. The number of ether oxygens (including phenoxy) is 1. The van der Waals surface area contributed by atoms with Gasteiger partial charge in [-0.3, -0.25) is 4.79 Å². The molecule has 0 unspecified atom stereocenters. The predicted octanol–water partition coefficient (Wildman–Crippen LogP) is 3.56. The van der Waals surface area contributed by atoms with E-state index in [0.717, 1.165) is 11.3 Å². The van der Waals surface area contributed by atoms with Crippen molar-refractivity contribution in [3.8, 4) is 5.75 Å². The average molecular weight is 335 g/mol. The minimum Gasteiger partial charge on any atom is -0.493 e. The lowest BCUT2D eigenvalue weighted by atomic mass is 10.2. The number of nitrogens with one attached hydrogen (secondary N) is 1. The molecule has 1 aromatic carbocycles. The van der Waals surface area contributed by atoms with Gasteiger partial charge in [0.25, 0.3) is 0 Å². The molecule has 0 radical (unpaired) electrons. The second-order valence-corrected chi connectivity index (χ2v) is 5.12. The third-order valence-electron chi connectivity index (χ3n) is 2.57. The summed E-state index contributed by atoms with van der Waals surface area (Å²) in [6.45, 7) is 2.34. The van der Waals surface area contributed by atoms with Gasteiger partial charge in [-0.1, -0.05) is 18.2 Å². The van der Waals surface area contributed by atoms with E-state index in [1.165, 1.54) is 0 Å². The predicted molar refractivity (Wildman–Crippen MR) is 81.9 cm³/mol. The number of nitrogens with zero attached hydrogens (tertiary/aromatic N) is 1. The van der Waals surface area contributed by atoms with Gasteiger partial charge in [0, 0.05) is 0 Å². The number of aromatic nitrogens is 1. The number of hydrogen-bond acceptors (Lipinski definition) is 3. The van der Waals surface area contributed by atoms with Crippen LogP contribution in [0.2, 0.25) is 0 Å². The molecule has 1 heterocycles. The monoisotopic (exact) mass is 334 g/mol. The van der Waals surface area contributed by atoms with E-state index in [-0.39, 0.29) is 12.3 Å². The zero-order valence-corrected chi connectivity index (χ0v) is 12.7. The van der Waals surface area contributed by atoms with Crippen molar-refractivity contribution < 1.29 is 9.53 Å². The maximum Gasteiger partial charge on any atom is 0.228 e. The first kappa shape index (κ1) is 14.5. The summed E-state index contributed by atoms with van der Waals surface area (Å²) >= 11 is 3.25. The number of hydrogen-bond donors (Lipinski definition) is 1. The number of carbonyl (C=O) groups is 1. The minimum absolute atomic E-state index is 0.122. The second-order valence-electron chi connectivity index (χ2n) is 4.31. The fourth-order valence-corrected chi connectivity index (χ4v) is 1.99. The summed E-state index contributed by atoms with van der Waals surface area (Å²) in [5, 5.41) is 2.72. The van der Waals surface area contributed by atoms with Crippen molar-refractivity contribution in [2.75, 3.05) is 11.9 Å². The van der Waals surface area contributed by atoms with Crippen LogP contribution in [0.25, 0.3) is 0 Å². The molecule has 0 spiro atoms. The molecule has 0 aliphatic heterocycles. The van der Waals surface area contributed by atoms with Crippen molar-refractivity contribution in [1.82, 2.24) is 4.98 Å². The highest BCUT2D eigenvalue weighted by Gasteiger charge is 2.04. The average Bonchev–Trinajstić information content (AvgIpc) is 2.38. The molecule has 0 fully saturated rings. The van der Waals surface area contributed by atoms with E-state index in [1.807, 2.05) is 37.3 Å². The highest BCUT2D eigenvalue weighted by molar-refractivity contribution is 9.10. The van der Waals surface area contributed by atoms with Gasteiger partial charge in [-0.25, -0.2) is 4.98 Å². The number of benzene rings is 1. The van der Waals surface area contributed by atoms with E-state index in [9.17, 15) is 4.79 Å². The molecular formula is C15H15BrN2O2. The van der Waals surface area contributed by atoms with Crippen LogP contribution in [0.15, 0.2) is 47.1 Å². The van der Waals surface area contributed by atoms with Crippen LogP contribution < -0.4 is 10.1 Å². The van der Waals surface area contributed by atoms with Crippen molar-refractivity contribution in [3.63, 3.8) is 0 Å². The third kappa shape index (κ3) is 4.66. The lowest BCUT2D eigenvalue weighted by Crippen LogP contribution is -2.16. The molecule has 2 aromatic rings. The molecule has 20 heavy (non-hydrogen) atoms. The van der Waals surface area contributed by atoms with Gasteiger partial charge >= 0.3 is 0 Å². The van der Waals surface area contributed by atoms with Crippen molar-refractivity contribution in [2.45, 2.75) is 13.3 Å². The fourth-order valence-electron chi connectivity index (χ4n) is 1.65. The third-order valence-corrected chi connectivity index (χ3v) is 3.01. The lowest BCUT2D eigenvalue weighted by molar-refractivity contribution is -0.116. The Morgan fingerprint density at radius 2 is 2.10 bits per heavy atom. The number of aryl methyl sites for hydroxylation is 1. The van der Waals surface area contributed by atoms with Crippen LogP contribution in [0.4, 0.5) is 5.82 Å². The van der Waals surface area contributed by atoms with Gasteiger partial charge < -0.3 is 10.1 Å². The van der Waals surface area contributed by atoms with Gasteiger partial charge in [-0.05, 0) is 52.7 Å². The molecule has 0 bridgehead atoms. The van der Waals surface area contributed by atoms with Crippen molar-refractivity contribution in [2.24, 2.45) is 0 Å². The molecule has 5 heteroatoms. The highest BCUT2D eigenvalue weighted by Crippen LogP contribution is 2.13. The summed E-state index contributed by atoms with van der Waals surface area (Å²) in [6.07, 6.45) is 0.280. The molecule has 1 amide bonds. The molecule has 104 valence electrons. The molecule has 1 aromatic heterocycles. The van der Waals surface area contributed by atoms with Gasteiger partial charge in [0.2, 0.25) is 5.91 Å². The number of anilines is 1. The van der Waals surface area contributed by atoms with E-state index in [4.69, 9.17) is 4.74 Å². The van der Waals surface area contributed by atoms with Crippen LogP contribution in [-0.4, -0.2) is 17.5 Å². The van der Waals surface area contributed by atoms with Crippen LogP contribution in [0, 0.1) is 6.92 Å². The Balaban J connectivity index is 1.78. The number of pyridine rings is 1. The lowest BCUT2D eigenvalue weighted by Gasteiger charge is -2.07. The minimum atomic E-state index is -0.122. The molecule has 0 saturated carbocycles. The molecular weight excluding hydrogens is 320 g/mol. The molecule has 4 nitrogen and oxygen atoms in total. The molecule has 1 N–H and O–H groups in total. The SMILES string of the molecule is Cc1cccc(OCCC(=O)Nc2cccc(Br)n2)c1. The zero-order chi connectivity index (χ0) is 14.4. The standard InChI is InChI=1S/C15H15BrN2O2/c1-11-4-2-5-12(10-11)20-9-8-15(19)18-14-7-3-6-13(16)17-14/h2-7,10H,8-9H2,1H3,(H,17,18,19). The molecule has 0 atom stereocenters. The maximum atomic E-state index is 11.7. The summed E-state index contributed by atoms with van der Waals surface area (Å²) in [6, 6.07) is 13.1. The Kier molecular flexibility index (Phi) is 5.12.